The molecular weight excluding hydrogens is 498 g/mol. The van der Waals surface area contributed by atoms with Crippen molar-refractivity contribution in [1.82, 2.24) is 19.0 Å². The lowest BCUT2D eigenvalue weighted by Crippen LogP contribution is -2.53. The van der Waals surface area contributed by atoms with E-state index in [1.165, 1.54) is 14.8 Å². The first-order valence-electron chi connectivity index (χ1n) is 12.8. The number of nitrogens with zero attached hydrogens (tertiary/aromatic N) is 5. The van der Waals surface area contributed by atoms with Crippen molar-refractivity contribution in [1.29, 1.82) is 0 Å². The van der Waals surface area contributed by atoms with E-state index in [1.807, 2.05) is 24.3 Å². The molecule has 1 aliphatic heterocycles. The minimum Gasteiger partial charge on any atom is -0.494 e. The van der Waals surface area contributed by atoms with Crippen molar-refractivity contribution in [3.63, 3.8) is 0 Å². The molecule has 2 aromatic heterocycles. The van der Waals surface area contributed by atoms with Crippen LogP contribution in [-0.2, 0) is 7.05 Å². The molecule has 1 saturated heterocycles. The predicted octanol–water partition coefficient (Wildman–Crippen LogP) is 5.49. The summed E-state index contributed by atoms with van der Waals surface area (Å²) >= 11 is 6.66. The summed E-state index contributed by atoms with van der Waals surface area (Å²) in [7, 11) is 3.38. The van der Waals surface area contributed by atoms with Crippen LogP contribution in [0.1, 0.15) is 20.8 Å². The first-order valence-corrected chi connectivity index (χ1v) is 13.2. The third-order valence-electron chi connectivity index (χ3n) is 7.29. The van der Waals surface area contributed by atoms with Crippen molar-refractivity contribution in [2.75, 3.05) is 38.2 Å². The van der Waals surface area contributed by atoms with Crippen molar-refractivity contribution >= 4 is 17.3 Å². The van der Waals surface area contributed by atoms with Crippen LogP contribution >= 0.6 is 11.6 Å². The van der Waals surface area contributed by atoms with Gasteiger partial charge in [-0.1, -0.05) is 29.8 Å². The molecule has 0 aliphatic carbocycles. The minimum absolute atomic E-state index is 0.150. The zero-order chi connectivity index (χ0) is 27.0. The molecular formula is C30H34ClN5O2. The van der Waals surface area contributed by atoms with Gasteiger partial charge in [-0.2, -0.15) is 0 Å². The van der Waals surface area contributed by atoms with Gasteiger partial charge in [0.15, 0.2) is 5.75 Å². The van der Waals surface area contributed by atoms with Gasteiger partial charge in [-0.3, -0.25) is 14.5 Å². The zero-order valence-electron chi connectivity index (χ0n) is 22.6. The first kappa shape index (κ1) is 26.1. The number of anilines is 1. The SMILES string of the molecule is COc1c(-c2ccc(-n3ccn(C)c3=O)c(Cl)c2)ccnc1-c1cccc(N2CCN(C(C)(C)C)CC2)c1. The Hall–Kier alpha value is -3.55. The lowest BCUT2D eigenvalue weighted by Gasteiger charge is -2.43. The summed E-state index contributed by atoms with van der Waals surface area (Å²) in [6.45, 7) is 10.9. The summed E-state index contributed by atoms with van der Waals surface area (Å²) in [6.07, 6.45) is 5.22. The Morgan fingerprint density at radius 1 is 0.947 bits per heavy atom. The van der Waals surface area contributed by atoms with Crippen LogP contribution in [-0.4, -0.2) is 57.8 Å². The van der Waals surface area contributed by atoms with Crippen LogP contribution in [0, 0.1) is 0 Å². The number of ether oxygens (including phenoxy) is 1. The first-order chi connectivity index (χ1) is 18.2. The van der Waals surface area contributed by atoms with Crippen LogP contribution in [0.2, 0.25) is 5.02 Å². The van der Waals surface area contributed by atoms with Gasteiger partial charge in [-0.25, -0.2) is 4.79 Å². The summed E-state index contributed by atoms with van der Waals surface area (Å²) in [4.78, 5) is 22.1. The number of pyridine rings is 1. The number of hydrogen-bond acceptors (Lipinski definition) is 5. The summed E-state index contributed by atoms with van der Waals surface area (Å²) in [6, 6.07) is 16.1. The van der Waals surface area contributed by atoms with E-state index in [4.69, 9.17) is 21.3 Å². The molecule has 0 unspecified atom stereocenters. The van der Waals surface area contributed by atoms with Gasteiger partial charge in [-0.05, 0) is 56.7 Å². The Balaban J connectivity index is 1.46. The van der Waals surface area contributed by atoms with Gasteiger partial charge in [0.25, 0.3) is 0 Å². The number of aryl methyl sites for hydroxylation is 1. The van der Waals surface area contributed by atoms with Gasteiger partial charge in [0.1, 0.15) is 5.69 Å². The molecule has 1 aliphatic rings. The maximum absolute atomic E-state index is 12.4. The van der Waals surface area contributed by atoms with Gasteiger partial charge < -0.3 is 14.2 Å². The topological polar surface area (TPSA) is 55.5 Å². The maximum atomic E-state index is 12.4. The summed E-state index contributed by atoms with van der Waals surface area (Å²) in [5.41, 5.74) is 5.40. The van der Waals surface area contributed by atoms with Crippen molar-refractivity contribution < 1.29 is 4.74 Å². The van der Waals surface area contributed by atoms with Gasteiger partial charge in [-0.15, -0.1) is 0 Å². The molecule has 0 saturated carbocycles. The number of benzene rings is 2. The van der Waals surface area contributed by atoms with Gasteiger partial charge >= 0.3 is 5.69 Å². The molecule has 5 rings (SSSR count). The molecule has 38 heavy (non-hydrogen) atoms. The van der Waals surface area contributed by atoms with Crippen LogP contribution in [0.3, 0.4) is 0 Å². The summed E-state index contributed by atoms with van der Waals surface area (Å²) in [5.74, 6) is 0.683. The van der Waals surface area contributed by atoms with E-state index in [0.717, 1.165) is 48.6 Å². The number of aromatic nitrogens is 3. The third-order valence-corrected chi connectivity index (χ3v) is 7.59. The van der Waals surface area contributed by atoms with Crippen molar-refractivity contribution in [3.8, 4) is 33.8 Å². The molecule has 0 atom stereocenters. The quantitative estimate of drug-likeness (QED) is 0.341. The monoisotopic (exact) mass is 531 g/mol. The lowest BCUT2D eigenvalue weighted by molar-refractivity contribution is 0.128. The van der Waals surface area contributed by atoms with Crippen molar-refractivity contribution in [2.45, 2.75) is 26.3 Å². The van der Waals surface area contributed by atoms with Crippen LogP contribution in [0.15, 0.2) is 71.9 Å². The van der Waals surface area contributed by atoms with E-state index in [2.05, 4.69) is 54.8 Å². The molecule has 0 spiro atoms. The molecule has 198 valence electrons. The molecule has 8 heteroatoms. The highest BCUT2D eigenvalue weighted by molar-refractivity contribution is 6.32. The fraction of sp³-hybridized carbons (Fsp3) is 0.333. The van der Waals surface area contributed by atoms with E-state index >= 15 is 0 Å². The van der Waals surface area contributed by atoms with E-state index in [-0.39, 0.29) is 11.2 Å². The van der Waals surface area contributed by atoms with Crippen LogP contribution in [0.25, 0.3) is 28.1 Å². The van der Waals surface area contributed by atoms with E-state index < -0.39 is 0 Å². The average Bonchev–Trinajstić information content (AvgIpc) is 3.25. The predicted molar refractivity (Wildman–Crippen MR) is 155 cm³/mol. The van der Waals surface area contributed by atoms with Gasteiger partial charge in [0.05, 0.1) is 17.8 Å². The van der Waals surface area contributed by atoms with Crippen molar-refractivity contribution in [3.05, 3.63) is 82.6 Å². The molecule has 2 aromatic carbocycles. The molecule has 0 bridgehead atoms. The Morgan fingerprint density at radius 2 is 1.71 bits per heavy atom. The second-order valence-electron chi connectivity index (χ2n) is 10.7. The normalized spacial score (nSPS) is 14.6. The number of methoxy groups -OCH3 is 1. The number of rotatable bonds is 5. The van der Waals surface area contributed by atoms with Gasteiger partial charge in [0, 0.05) is 74.2 Å². The Kier molecular flexibility index (Phi) is 7.07. The highest BCUT2D eigenvalue weighted by Gasteiger charge is 2.26. The summed E-state index contributed by atoms with van der Waals surface area (Å²) < 4.78 is 8.97. The molecule has 7 nitrogen and oxygen atoms in total. The zero-order valence-corrected chi connectivity index (χ0v) is 23.4. The van der Waals surface area contributed by atoms with E-state index in [9.17, 15) is 4.79 Å². The number of imidazole rings is 1. The Morgan fingerprint density at radius 3 is 2.34 bits per heavy atom. The van der Waals surface area contributed by atoms with E-state index in [1.54, 1.807) is 32.7 Å². The molecule has 0 radical (unpaired) electrons. The smallest absolute Gasteiger partial charge is 0.332 e. The van der Waals surface area contributed by atoms with Crippen molar-refractivity contribution in [2.24, 2.45) is 7.05 Å². The van der Waals surface area contributed by atoms with E-state index in [0.29, 0.717) is 16.5 Å². The largest absolute Gasteiger partial charge is 0.494 e. The van der Waals surface area contributed by atoms with Crippen LogP contribution < -0.4 is 15.3 Å². The second-order valence-corrected chi connectivity index (χ2v) is 11.1. The average molecular weight is 532 g/mol. The molecule has 0 N–H and O–H groups in total. The summed E-state index contributed by atoms with van der Waals surface area (Å²) in [5, 5.41) is 0.479. The van der Waals surface area contributed by atoms with Crippen LogP contribution in [0.5, 0.6) is 5.75 Å². The minimum atomic E-state index is -0.150. The molecule has 1 fully saturated rings. The number of halogens is 1. The standard InChI is InChI=1S/C30H34ClN5O2/c1-30(2,3)35-16-14-34(15-17-35)23-8-6-7-22(19-23)27-28(38-5)24(11-12-32-27)21-9-10-26(25(31)20-21)36-18-13-33(4)29(36)37/h6-13,18-20H,14-17H2,1-5H3. The highest BCUT2D eigenvalue weighted by Crippen LogP contribution is 2.39. The number of piperazine rings is 1. The highest BCUT2D eigenvalue weighted by atomic mass is 35.5. The fourth-order valence-electron chi connectivity index (χ4n) is 5.09. The lowest BCUT2D eigenvalue weighted by atomic mass is 10.0. The Labute approximate surface area is 228 Å². The molecule has 3 heterocycles. The third kappa shape index (κ3) is 4.96. The van der Waals surface area contributed by atoms with Gasteiger partial charge in [0.2, 0.25) is 0 Å². The van der Waals surface area contributed by atoms with Crippen LogP contribution in [0.4, 0.5) is 5.69 Å². The molecule has 0 amide bonds. The maximum Gasteiger partial charge on any atom is 0.332 e. The fourth-order valence-corrected chi connectivity index (χ4v) is 5.36. The molecule has 4 aromatic rings. The number of hydrogen-bond donors (Lipinski definition) is 0. The second kappa shape index (κ2) is 10.3. The Bertz CT molecular complexity index is 1510.